The molecule has 11 heavy (non-hydrogen) atoms. The molecule has 0 heterocycles. The van der Waals surface area contributed by atoms with Crippen molar-refractivity contribution >= 4 is 0 Å². The first kappa shape index (κ1) is 7.88. The molecule has 0 aliphatic carbocycles. The van der Waals surface area contributed by atoms with Gasteiger partial charge in [0.1, 0.15) is 5.75 Å². The van der Waals surface area contributed by atoms with Gasteiger partial charge in [0.25, 0.3) is 0 Å². The minimum Gasteiger partial charge on any atom is -0.494 e. The monoisotopic (exact) mass is 154 g/mol. The van der Waals surface area contributed by atoms with E-state index in [1.807, 2.05) is 6.92 Å². The summed E-state index contributed by atoms with van der Waals surface area (Å²) in [6.45, 7) is 2.50. The van der Waals surface area contributed by atoms with Gasteiger partial charge in [-0.15, -0.1) is 0 Å². The summed E-state index contributed by atoms with van der Waals surface area (Å²) >= 11 is 0. The van der Waals surface area contributed by atoms with E-state index in [0.29, 0.717) is 18.1 Å². The van der Waals surface area contributed by atoms with Crippen LogP contribution in [0.3, 0.4) is 0 Å². The zero-order chi connectivity index (χ0) is 8.10. The van der Waals surface area contributed by atoms with Gasteiger partial charge in [0.15, 0.2) is 5.75 Å². The molecule has 1 aromatic carbocycles. The van der Waals surface area contributed by atoms with E-state index >= 15 is 0 Å². The third kappa shape index (κ3) is 2.13. The topological polar surface area (TPSA) is 38.7 Å². The molecule has 1 N–H and O–H groups in total. The van der Waals surface area contributed by atoms with Gasteiger partial charge in [0, 0.05) is 6.07 Å². The molecule has 1 aromatic rings. The second kappa shape index (κ2) is 3.83. The predicted octanol–water partition coefficient (Wildman–Crippen LogP) is 1.94. The van der Waals surface area contributed by atoms with Crippen LogP contribution in [0.15, 0.2) is 24.3 Å². The molecular weight excluding hydrogens is 144 g/mol. The van der Waals surface area contributed by atoms with Crippen molar-refractivity contribution in [1.82, 2.24) is 0 Å². The lowest BCUT2D eigenvalue weighted by Gasteiger charge is -2.02. The molecule has 60 valence electrons. The van der Waals surface area contributed by atoms with Crippen LogP contribution in [0.25, 0.3) is 0 Å². The van der Waals surface area contributed by atoms with Gasteiger partial charge < -0.3 is 9.62 Å². The number of rotatable bonds is 3. The summed E-state index contributed by atoms with van der Waals surface area (Å²) in [6, 6.07) is 6.80. The lowest BCUT2D eigenvalue weighted by molar-refractivity contribution is -0.137. The van der Waals surface area contributed by atoms with Crippen LogP contribution in [-0.4, -0.2) is 11.9 Å². The Morgan fingerprint density at radius 3 is 2.73 bits per heavy atom. The number of ether oxygens (including phenoxy) is 1. The zero-order valence-electron chi connectivity index (χ0n) is 6.28. The van der Waals surface area contributed by atoms with Crippen LogP contribution in [0, 0.1) is 0 Å². The number of hydrogen-bond acceptors (Lipinski definition) is 3. The van der Waals surface area contributed by atoms with E-state index in [-0.39, 0.29) is 0 Å². The van der Waals surface area contributed by atoms with E-state index < -0.39 is 0 Å². The molecule has 3 heteroatoms. The van der Waals surface area contributed by atoms with Crippen LogP contribution in [0.5, 0.6) is 11.5 Å². The van der Waals surface area contributed by atoms with E-state index in [4.69, 9.17) is 9.99 Å². The molecule has 0 saturated carbocycles. The molecule has 3 nitrogen and oxygen atoms in total. The second-order valence-corrected chi connectivity index (χ2v) is 2.00. The van der Waals surface area contributed by atoms with Crippen LogP contribution in [-0.2, 0) is 0 Å². The molecule has 0 spiro atoms. The first-order chi connectivity index (χ1) is 5.36. The largest absolute Gasteiger partial charge is 0.494 e. The Labute approximate surface area is 65.1 Å². The summed E-state index contributed by atoms with van der Waals surface area (Å²) in [6.07, 6.45) is 0. The Bertz CT molecular complexity index is 222. The highest BCUT2D eigenvalue weighted by atomic mass is 17.1. The van der Waals surface area contributed by atoms with Crippen molar-refractivity contribution < 1.29 is 14.9 Å². The molecule has 0 atom stereocenters. The first-order valence-electron chi connectivity index (χ1n) is 3.41. The molecule has 0 aliphatic heterocycles. The third-order valence-corrected chi connectivity index (χ3v) is 1.22. The molecule has 0 fully saturated rings. The van der Waals surface area contributed by atoms with Gasteiger partial charge in [-0.3, -0.25) is 0 Å². The fourth-order valence-corrected chi connectivity index (χ4v) is 0.787. The molecule has 0 amide bonds. The second-order valence-electron chi connectivity index (χ2n) is 2.00. The fraction of sp³-hybridized carbons (Fsp3) is 0.250. The maximum atomic E-state index is 8.27. The maximum Gasteiger partial charge on any atom is 0.168 e. The summed E-state index contributed by atoms with van der Waals surface area (Å²) in [5, 5.41) is 8.27. The van der Waals surface area contributed by atoms with Crippen LogP contribution in [0.4, 0.5) is 0 Å². The van der Waals surface area contributed by atoms with Crippen molar-refractivity contribution in [3.63, 3.8) is 0 Å². The Morgan fingerprint density at radius 2 is 2.09 bits per heavy atom. The van der Waals surface area contributed by atoms with Crippen LogP contribution in [0.2, 0.25) is 0 Å². The van der Waals surface area contributed by atoms with Gasteiger partial charge in [-0.2, -0.15) is 0 Å². The van der Waals surface area contributed by atoms with Crippen molar-refractivity contribution in [2.75, 3.05) is 6.61 Å². The van der Waals surface area contributed by atoms with Crippen molar-refractivity contribution in [3.8, 4) is 11.5 Å². The van der Waals surface area contributed by atoms with Gasteiger partial charge in [-0.05, 0) is 19.1 Å². The summed E-state index contributed by atoms with van der Waals surface area (Å²) in [7, 11) is 0. The van der Waals surface area contributed by atoms with Crippen molar-refractivity contribution in [2.24, 2.45) is 0 Å². The zero-order valence-corrected chi connectivity index (χ0v) is 6.28. The van der Waals surface area contributed by atoms with Gasteiger partial charge in [0.05, 0.1) is 6.61 Å². The Balaban J connectivity index is 2.74. The minimum absolute atomic E-state index is 0.385. The smallest absolute Gasteiger partial charge is 0.168 e. The quantitative estimate of drug-likeness (QED) is 0.534. The van der Waals surface area contributed by atoms with Gasteiger partial charge in [-0.1, -0.05) is 6.07 Å². The van der Waals surface area contributed by atoms with E-state index in [1.165, 1.54) is 0 Å². The summed E-state index contributed by atoms with van der Waals surface area (Å²) in [5.41, 5.74) is 0. The maximum absolute atomic E-state index is 8.27. The van der Waals surface area contributed by atoms with Crippen molar-refractivity contribution in [3.05, 3.63) is 24.3 Å². The van der Waals surface area contributed by atoms with Crippen LogP contribution < -0.4 is 9.62 Å². The summed E-state index contributed by atoms with van der Waals surface area (Å²) < 4.78 is 5.16. The number of benzene rings is 1. The molecule has 0 aliphatic rings. The molecule has 0 radical (unpaired) electrons. The average molecular weight is 154 g/mol. The SMILES string of the molecule is CCOc1cccc(OO)c1. The Hall–Kier alpha value is -1.22. The third-order valence-electron chi connectivity index (χ3n) is 1.22. The van der Waals surface area contributed by atoms with Crippen molar-refractivity contribution in [2.45, 2.75) is 6.92 Å². The first-order valence-corrected chi connectivity index (χ1v) is 3.41. The summed E-state index contributed by atoms with van der Waals surface area (Å²) in [5.74, 6) is 1.08. The van der Waals surface area contributed by atoms with E-state index in [2.05, 4.69) is 4.89 Å². The standard InChI is InChI=1S/C8H10O3/c1-2-10-7-4-3-5-8(6-7)11-9/h3-6,9H,2H2,1H3. The molecule has 1 rings (SSSR count). The fourth-order valence-electron chi connectivity index (χ4n) is 0.787. The van der Waals surface area contributed by atoms with Crippen molar-refractivity contribution in [1.29, 1.82) is 0 Å². The molecule has 0 bridgehead atoms. The van der Waals surface area contributed by atoms with E-state index in [1.54, 1.807) is 24.3 Å². The molecule has 0 aromatic heterocycles. The highest BCUT2D eigenvalue weighted by molar-refractivity contribution is 5.32. The van der Waals surface area contributed by atoms with Crippen LogP contribution >= 0.6 is 0 Å². The molecular formula is C8H10O3. The Kier molecular flexibility index (Phi) is 2.74. The predicted molar refractivity (Wildman–Crippen MR) is 40.9 cm³/mol. The lowest BCUT2D eigenvalue weighted by atomic mass is 10.3. The molecule has 0 unspecified atom stereocenters. The Morgan fingerprint density at radius 1 is 1.36 bits per heavy atom. The highest BCUT2D eigenvalue weighted by Crippen LogP contribution is 2.18. The highest BCUT2D eigenvalue weighted by Gasteiger charge is 1.94. The molecule has 0 saturated heterocycles. The van der Waals surface area contributed by atoms with Gasteiger partial charge in [-0.25, -0.2) is 5.26 Å². The summed E-state index contributed by atoms with van der Waals surface area (Å²) in [4.78, 5) is 4.02. The van der Waals surface area contributed by atoms with E-state index in [0.717, 1.165) is 0 Å². The number of hydrogen-bond donors (Lipinski definition) is 1. The van der Waals surface area contributed by atoms with E-state index in [9.17, 15) is 0 Å². The average Bonchev–Trinajstić information content (AvgIpc) is 2.06. The lowest BCUT2D eigenvalue weighted by Crippen LogP contribution is -1.91. The normalized spacial score (nSPS) is 9.27. The van der Waals surface area contributed by atoms with Gasteiger partial charge >= 0.3 is 0 Å². The minimum atomic E-state index is 0.385. The van der Waals surface area contributed by atoms with Crippen LogP contribution in [0.1, 0.15) is 6.92 Å². The van der Waals surface area contributed by atoms with Gasteiger partial charge in [0.2, 0.25) is 0 Å².